The topological polar surface area (TPSA) is 46.4 Å². The number of fused-ring (bicyclic) bond motifs is 1. The number of hydrogen-bond donors (Lipinski definition) is 1. The maximum atomic E-state index is 12.1. The molecule has 1 amide bonds. The predicted molar refractivity (Wildman–Crippen MR) is 104 cm³/mol. The van der Waals surface area contributed by atoms with Gasteiger partial charge in [-0.15, -0.1) is 22.7 Å². The van der Waals surface area contributed by atoms with Crippen molar-refractivity contribution in [2.75, 3.05) is 5.32 Å². The summed E-state index contributed by atoms with van der Waals surface area (Å²) in [5.41, 5.74) is 2.82. The van der Waals surface area contributed by atoms with Gasteiger partial charge in [0.1, 0.15) is 0 Å². The van der Waals surface area contributed by atoms with Crippen LogP contribution in [0.25, 0.3) is 16.2 Å². The molecule has 6 heteroatoms. The Morgan fingerprint density at radius 2 is 2.00 bits per heavy atom. The van der Waals surface area contributed by atoms with E-state index in [1.54, 1.807) is 22.7 Å². The van der Waals surface area contributed by atoms with Crippen molar-refractivity contribution in [3.05, 3.63) is 64.4 Å². The molecule has 3 aromatic heterocycles. The Bertz CT molecular complexity index is 939. The first kappa shape index (κ1) is 16.1. The summed E-state index contributed by atoms with van der Waals surface area (Å²) in [6.45, 7) is 0. The Labute approximate surface area is 153 Å². The monoisotopic (exact) mass is 367 g/mol. The molecule has 0 aliphatic rings. The molecule has 4 aromatic rings. The van der Waals surface area contributed by atoms with Crippen LogP contribution in [0.3, 0.4) is 0 Å². The van der Waals surface area contributed by atoms with Gasteiger partial charge in [-0.1, -0.05) is 18.2 Å². The lowest BCUT2D eigenvalue weighted by Crippen LogP contribution is -2.11. The zero-order valence-corrected chi connectivity index (χ0v) is 15.1. The number of nitrogens with zero attached hydrogens (tertiary/aromatic N) is 2. The maximum Gasteiger partial charge on any atom is 0.224 e. The molecule has 25 heavy (non-hydrogen) atoms. The molecule has 4 rings (SSSR count). The van der Waals surface area contributed by atoms with Gasteiger partial charge in [0.05, 0.1) is 5.69 Å². The molecular weight excluding hydrogens is 350 g/mol. The van der Waals surface area contributed by atoms with Gasteiger partial charge in [0.25, 0.3) is 0 Å². The van der Waals surface area contributed by atoms with Crippen LogP contribution in [0.15, 0.2) is 59.6 Å². The van der Waals surface area contributed by atoms with E-state index in [9.17, 15) is 4.79 Å². The van der Waals surface area contributed by atoms with Gasteiger partial charge in [-0.05, 0) is 36.4 Å². The highest BCUT2D eigenvalue weighted by molar-refractivity contribution is 7.15. The number of thiazole rings is 1. The number of imidazole rings is 1. The third-order valence-electron chi connectivity index (χ3n) is 3.96. The van der Waals surface area contributed by atoms with Crippen molar-refractivity contribution >= 4 is 39.2 Å². The van der Waals surface area contributed by atoms with Crippen molar-refractivity contribution < 1.29 is 4.79 Å². The first-order chi connectivity index (χ1) is 12.3. The van der Waals surface area contributed by atoms with Gasteiger partial charge in [0, 0.05) is 40.3 Å². The molecule has 0 aliphatic heterocycles. The average molecular weight is 367 g/mol. The Hall–Kier alpha value is -2.44. The molecule has 0 unspecified atom stereocenters. The molecule has 0 saturated carbocycles. The number of anilines is 1. The number of benzene rings is 1. The third-order valence-corrected chi connectivity index (χ3v) is 5.67. The number of aromatic nitrogens is 2. The van der Waals surface area contributed by atoms with Crippen LogP contribution in [0, 0.1) is 0 Å². The average Bonchev–Trinajstić information content (AvgIpc) is 3.32. The molecule has 0 fully saturated rings. The normalized spacial score (nSPS) is 11.0. The van der Waals surface area contributed by atoms with Gasteiger partial charge in [-0.3, -0.25) is 9.20 Å². The van der Waals surface area contributed by atoms with E-state index in [0.717, 1.165) is 34.7 Å². The molecule has 126 valence electrons. The Balaban J connectivity index is 1.33. The van der Waals surface area contributed by atoms with Crippen molar-refractivity contribution in [1.82, 2.24) is 9.38 Å². The van der Waals surface area contributed by atoms with Crippen molar-refractivity contribution in [1.29, 1.82) is 0 Å². The van der Waals surface area contributed by atoms with Crippen molar-refractivity contribution in [2.45, 2.75) is 19.3 Å². The fourth-order valence-corrected chi connectivity index (χ4v) is 4.14. The number of thiophene rings is 1. The van der Waals surface area contributed by atoms with E-state index in [0.29, 0.717) is 6.42 Å². The molecule has 0 bridgehead atoms. The van der Waals surface area contributed by atoms with Gasteiger partial charge >= 0.3 is 0 Å². The summed E-state index contributed by atoms with van der Waals surface area (Å²) < 4.78 is 2.02. The smallest absolute Gasteiger partial charge is 0.224 e. The van der Waals surface area contributed by atoms with E-state index in [1.807, 2.05) is 52.5 Å². The summed E-state index contributed by atoms with van der Waals surface area (Å²) in [6, 6.07) is 12.0. The van der Waals surface area contributed by atoms with Crippen molar-refractivity contribution in [2.24, 2.45) is 0 Å². The van der Waals surface area contributed by atoms with E-state index < -0.39 is 0 Å². The number of nitrogens with one attached hydrogen (secondary N) is 1. The highest BCUT2D eigenvalue weighted by Crippen LogP contribution is 2.23. The first-order valence-electron chi connectivity index (χ1n) is 8.13. The Morgan fingerprint density at radius 1 is 1.12 bits per heavy atom. The van der Waals surface area contributed by atoms with Gasteiger partial charge in [-0.25, -0.2) is 4.98 Å². The highest BCUT2D eigenvalue weighted by atomic mass is 32.1. The fraction of sp³-hybridized carbons (Fsp3) is 0.158. The van der Waals surface area contributed by atoms with Gasteiger partial charge < -0.3 is 5.32 Å². The van der Waals surface area contributed by atoms with Crippen LogP contribution in [0.4, 0.5) is 5.69 Å². The number of rotatable bonds is 6. The molecule has 0 aliphatic carbocycles. The van der Waals surface area contributed by atoms with Gasteiger partial charge in [-0.2, -0.15) is 0 Å². The molecule has 0 spiro atoms. The summed E-state index contributed by atoms with van der Waals surface area (Å²) in [5, 5.41) is 7.05. The first-order valence-corrected chi connectivity index (χ1v) is 9.89. The Morgan fingerprint density at radius 3 is 2.76 bits per heavy atom. The maximum absolute atomic E-state index is 12.1. The van der Waals surface area contributed by atoms with E-state index in [1.165, 1.54) is 4.88 Å². The van der Waals surface area contributed by atoms with Crippen molar-refractivity contribution in [3.8, 4) is 11.3 Å². The Kier molecular flexibility index (Phi) is 4.63. The van der Waals surface area contributed by atoms with Gasteiger partial charge in [0.15, 0.2) is 4.96 Å². The lowest BCUT2D eigenvalue weighted by atomic mass is 10.1. The molecule has 0 saturated heterocycles. The summed E-state index contributed by atoms with van der Waals surface area (Å²) in [5.74, 6) is 0.0619. The van der Waals surface area contributed by atoms with E-state index in [4.69, 9.17) is 0 Å². The number of hydrogen-bond acceptors (Lipinski definition) is 4. The zero-order chi connectivity index (χ0) is 17.1. The van der Waals surface area contributed by atoms with Crippen LogP contribution in [-0.4, -0.2) is 15.3 Å². The number of carbonyl (C=O) groups excluding carboxylic acids is 1. The van der Waals surface area contributed by atoms with Crippen molar-refractivity contribution in [3.63, 3.8) is 0 Å². The third kappa shape index (κ3) is 3.81. The van der Waals surface area contributed by atoms with E-state index >= 15 is 0 Å². The number of aryl methyl sites for hydroxylation is 1. The molecule has 1 N–H and O–H groups in total. The minimum Gasteiger partial charge on any atom is -0.326 e. The van der Waals surface area contributed by atoms with E-state index in [-0.39, 0.29) is 5.91 Å². The lowest BCUT2D eigenvalue weighted by molar-refractivity contribution is -0.116. The quantitative estimate of drug-likeness (QED) is 0.516. The molecule has 3 heterocycles. The largest absolute Gasteiger partial charge is 0.326 e. The fourth-order valence-electron chi connectivity index (χ4n) is 2.69. The summed E-state index contributed by atoms with van der Waals surface area (Å²) in [7, 11) is 0. The SMILES string of the molecule is O=C(CCCc1cccs1)Nc1ccc(-c2cn3ccsc3n2)cc1. The standard InChI is InChI=1S/C19H17N3OS2/c23-18(5-1-3-16-4-2-11-24-16)20-15-8-6-14(7-9-15)17-13-22-10-12-25-19(22)21-17/h2,4,6-13H,1,3,5H2,(H,20,23). The second-order valence-corrected chi connectivity index (χ2v) is 7.68. The van der Waals surface area contributed by atoms with E-state index in [2.05, 4.69) is 21.7 Å². The molecular formula is C19H17N3OS2. The van der Waals surface area contributed by atoms with Crippen LogP contribution >= 0.6 is 22.7 Å². The predicted octanol–water partition coefficient (Wildman–Crippen LogP) is 5.09. The summed E-state index contributed by atoms with van der Waals surface area (Å²) >= 11 is 3.36. The van der Waals surface area contributed by atoms with Crippen LogP contribution in [0.1, 0.15) is 17.7 Å². The number of carbonyl (C=O) groups is 1. The van der Waals surface area contributed by atoms with Crippen LogP contribution in [0.2, 0.25) is 0 Å². The second kappa shape index (κ2) is 7.21. The summed E-state index contributed by atoms with van der Waals surface area (Å²) in [4.78, 5) is 19.0. The zero-order valence-electron chi connectivity index (χ0n) is 13.5. The molecule has 1 aromatic carbocycles. The second-order valence-electron chi connectivity index (χ2n) is 5.78. The number of amides is 1. The molecule has 0 radical (unpaired) electrons. The minimum atomic E-state index is 0.0619. The van der Waals surface area contributed by atoms with Gasteiger partial charge in [0.2, 0.25) is 5.91 Å². The molecule has 0 atom stereocenters. The molecule has 4 nitrogen and oxygen atoms in total. The van der Waals surface area contributed by atoms with Crippen LogP contribution < -0.4 is 5.32 Å². The van der Waals surface area contributed by atoms with Crippen LogP contribution in [0.5, 0.6) is 0 Å². The summed E-state index contributed by atoms with van der Waals surface area (Å²) in [6.07, 6.45) is 6.39. The lowest BCUT2D eigenvalue weighted by Gasteiger charge is -2.05. The van der Waals surface area contributed by atoms with Crippen LogP contribution in [-0.2, 0) is 11.2 Å². The minimum absolute atomic E-state index is 0.0619. The highest BCUT2D eigenvalue weighted by Gasteiger charge is 2.07.